The Morgan fingerprint density at radius 2 is 1.91 bits per heavy atom. The second-order valence-electron chi connectivity index (χ2n) is 4.13. The molecule has 2 N–H and O–H groups in total. The minimum absolute atomic E-state index is 0.000749. The summed E-state index contributed by atoms with van der Waals surface area (Å²) in [6.07, 6.45) is 2.45. The van der Waals surface area contributed by atoms with Crippen LogP contribution in [0.3, 0.4) is 0 Å². The zero-order chi connectivity index (χ0) is 16.3. The van der Waals surface area contributed by atoms with Gasteiger partial charge in [0.15, 0.2) is 17.5 Å². The van der Waals surface area contributed by atoms with Crippen LogP contribution in [0.15, 0.2) is 18.2 Å². The Morgan fingerprint density at radius 3 is 2.59 bits per heavy atom. The van der Waals surface area contributed by atoms with Crippen molar-refractivity contribution in [2.24, 2.45) is 0 Å². The summed E-state index contributed by atoms with van der Waals surface area (Å²) in [5, 5.41) is 0. The first-order valence-corrected chi connectivity index (χ1v) is 5.97. The summed E-state index contributed by atoms with van der Waals surface area (Å²) in [7, 11) is 1.15. The Labute approximate surface area is 123 Å². The van der Waals surface area contributed by atoms with Crippen molar-refractivity contribution in [3.05, 3.63) is 52.7 Å². The zero-order valence-corrected chi connectivity index (χ0v) is 11.3. The SMILES string of the molecule is COC(=O)c1nc(N)cc(C=Cc2ccc(F)c(F)c2F)n1. The molecule has 0 saturated carbocycles. The van der Waals surface area contributed by atoms with Crippen LogP contribution in [0.1, 0.15) is 21.9 Å². The van der Waals surface area contributed by atoms with Crippen LogP contribution in [-0.4, -0.2) is 23.0 Å². The van der Waals surface area contributed by atoms with Crippen LogP contribution in [0.2, 0.25) is 0 Å². The molecule has 5 nitrogen and oxygen atoms in total. The molecule has 2 rings (SSSR count). The van der Waals surface area contributed by atoms with E-state index in [-0.39, 0.29) is 22.9 Å². The highest BCUT2D eigenvalue weighted by molar-refractivity contribution is 5.86. The Morgan fingerprint density at radius 1 is 1.18 bits per heavy atom. The van der Waals surface area contributed by atoms with Gasteiger partial charge in [-0.25, -0.2) is 27.9 Å². The molecule has 0 radical (unpaired) electrons. The minimum atomic E-state index is -1.57. The Hall–Kier alpha value is -2.90. The Bertz CT molecular complexity index is 763. The molecule has 0 aliphatic heterocycles. The van der Waals surface area contributed by atoms with Crippen molar-refractivity contribution in [3.63, 3.8) is 0 Å². The summed E-state index contributed by atoms with van der Waals surface area (Å²) >= 11 is 0. The third-order valence-corrected chi connectivity index (χ3v) is 2.63. The number of benzene rings is 1. The van der Waals surface area contributed by atoms with Gasteiger partial charge in [-0.2, -0.15) is 0 Å². The van der Waals surface area contributed by atoms with Crippen molar-refractivity contribution < 1.29 is 22.7 Å². The number of methoxy groups -OCH3 is 1. The van der Waals surface area contributed by atoms with Crippen LogP contribution >= 0.6 is 0 Å². The molecule has 0 fully saturated rings. The largest absolute Gasteiger partial charge is 0.463 e. The second kappa shape index (κ2) is 6.25. The van der Waals surface area contributed by atoms with Crippen LogP contribution < -0.4 is 5.73 Å². The summed E-state index contributed by atoms with van der Waals surface area (Å²) < 4.78 is 43.9. The molecular weight excluding hydrogens is 299 g/mol. The lowest BCUT2D eigenvalue weighted by Crippen LogP contribution is -2.09. The summed E-state index contributed by atoms with van der Waals surface area (Å²) in [5.41, 5.74) is 5.51. The van der Waals surface area contributed by atoms with E-state index >= 15 is 0 Å². The van der Waals surface area contributed by atoms with Gasteiger partial charge in [-0.3, -0.25) is 0 Å². The topological polar surface area (TPSA) is 78.1 Å². The first-order valence-electron chi connectivity index (χ1n) is 5.97. The number of rotatable bonds is 3. The van der Waals surface area contributed by atoms with Crippen LogP contribution in [0.25, 0.3) is 12.2 Å². The summed E-state index contributed by atoms with van der Waals surface area (Å²) in [6.45, 7) is 0. The van der Waals surface area contributed by atoms with Crippen LogP contribution in [0.5, 0.6) is 0 Å². The van der Waals surface area contributed by atoms with E-state index in [2.05, 4.69) is 14.7 Å². The summed E-state index contributed by atoms with van der Waals surface area (Å²) in [6, 6.07) is 3.18. The van der Waals surface area contributed by atoms with Gasteiger partial charge >= 0.3 is 5.97 Å². The summed E-state index contributed by atoms with van der Waals surface area (Å²) in [5.74, 6) is -5.24. The monoisotopic (exact) mass is 309 g/mol. The van der Waals surface area contributed by atoms with E-state index in [1.807, 2.05) is 0 Å². The molecule has 0 aliphatic rings. The fourth-order valence-corrected chi connectivity index (χ4v) is 1.60. The smallest absolute Gasteiger partial charge is 0.376 e. The number of ether oxygens (including phenoxy) is 1. The number of carbonyl (C=O) groups is 1. The first kappa shape index (κ1) is 15.5. The molecule has 1 aromatic heterocycles. The number of esters is 1. The molecule has 0 unspecified atom stereocenters. The summed E-state index contributed by atoms with van der Waals surface area (Å²) in [4.78, 5) is 18.9. The molecule has 0 amide bonds. The fourth-order valence-electron chi connectivity index (χ4n) is 1.60. The average Bonchev–Trinajstić information content (AvgIpc) is 2.50. The molecule has 0 saturated heterocycles. The third-order valence-electron chi connectivity index (χ3n) is 2.63. The number of nitrogen functional groups attached to an aromatic ring is 1. The Balaban J connectivity index is 2.36. The number of nitrogens with zero attached hydrogens (tertiary/aromatic N) is 2. The van der Waals surface area contributed by atoms with Gasteiger partial charge in [-0.15, -0.1) is 0 Å². The zero-order valence-electron chi connectivity index (χ0n) is 11.3. The standard InChI is InChI=1S/C14H10F3N3O2/c1-22-14(21)13-19-8(6-10(18)20-13)4-2-7-3-5-9(15)12(17)11(7)16/h2-6H,1H3,(H2,18,19,20). The van der Waals surface area contributed by atoms with Gasteiger partial charge in [-0.05, 0) is 24.3 Å². The molecule has 8 heteroatoms. The predicted octanol–water partition coefficient (Wildman–Crippen LogP) is 2.43. The lowest BCUT2D eigenvalue weighted by atomic mass is 10.1. The molecule has 0 spiro atoms. The number of aromatic nitrogens is 2. The number of nitrogens with two attached hydrogens (primary N) is 1. The predicted molar refractivity (Wildman–Crippen MR) is 73.0 cm³/mol. The number of anilines is 1. The van der Waals surface area contributed by atoms with Crippen molar-refractivity contribution in [2.75, 3.05) is 12.8 Å². The van der Waals surface area contributed by atoms with Gasteiger partial charge < -0.3 is 10.5 Å². The molecule has 0 bridgehead atoms. The van der Waals surface area contributed by atoms with Crippen molar-refractivity contribution in [3.8, 4) is 0 Å². The second-order valence-corrected chi connectivity index (χ2v) is 4.13. The highest BCUT2D eigenvalue weighted by Gasteiger charge is 2.13. The first-order chi connectivity index (χ1) is 10.4. The molecular formula is C14H10F3N3O2. The minimum Gasteiger partial charge on any atom is -0.463 e. The van der Waals surface area contributed by atoms with E-state index in [1.165, 1.54) is 18.2 Å². The quantitative estimate of drug-likeness (QED) is 0.696. The van der Waals surface area contributed by atoms with E-state index < -0.39 is 23.4 Å². The maximum absolute atomic E-state index is 13.5. The lowest BCUT2D eigenvalue weighted by Gasteiger charge is -2.02. The van der Waals surface area contributed by atoms with Gasteiger partial charge in [0.05, 0.1) is 12.8 Å². The molecule has 1 aromatic carbocycles. The van der Waals surface area contributed by atoms with E-state index in [1.54, 1.807) is 0 Å². The maximum Gasteiger partial charge on any atom is 0.376 e. The van der Waals surface area contributed by atoms with E-state index in [0.717, 1.165) is 19.2 Å². The molecule has 22 heavy (non-hydrogen) atoms. The number of carbonyl (C=O) groups excluding carboxylic acids is 1. The van der Waals surface area contributed by atoms with E-state index in [0.29, 0.717) is 0 Å². The molecule has 2 aromatic rings. The number of hydrogen-bond donors (Lipinski definition) is 1. The normalized spacial score (nSPS) is 10.9. The van der Waals surface area contributed by atoms with Gasteiger partial charge in [0.2, 0.25) is 5.82 Å². The Kier molecular flexibility index (Phi) is 4.40. The van der Waals surface area contributed by atoms with Gasteiger partial charge in [0.1, 0.15) is 5.82 Å². The van der Waals surface area contributed by atoms with Crippen LogP contribution in [0.4, 0.5) is 19.0 Å². The van der Waals surface area contributed by atoms with Crippen molar-refractivity contribution in [2.45, 2.75) is 0 Å². The highest BCUT2D eigenvalue weighted by Crippen LogP contribution is 2.17. The van der Waals surface area contributed by atoms with Gasteiger partial charge in [-0.1, -0.05) is 0 Å². The fraction of sp³-hybridized carbons (Fsp3) is 0.0714. The molecule has 114 valence electrons. The van der Waals surface area contributed by atoms with Crippen molar-refractivity contribution >= 4 is 23.9 Å². The van der Waals surface area contributed by atoms with E-state index in [9.17, 15) is 18.0 Å². The van der Waals surface area contributed by atoms with E-state index in [4.69, 9.17) is 5.73 Å². The van der Waals surface area contributed by atoms with Gasteiger partial charge in [0.25, 0.3) is 0 Å². The van der Waals surface area contributed by atoms with Crippen molar-refractivity contribution in [1.82, 2.24) is 9.97 Å². The molecule has 1 heterocycles. The van der Waals surface area contributed by atoms with Crippen LogP contribution in [0, 0.1) is 17.5 Å². The number of halogens is 3. The third kappa shape index (κ3) is 3.22. The maximum atomic E-state index is 13.5. The average molecular weight is 309 g/mol. The van der Waals surface area contributed by atoms with Crippen molar-refractivity contribution in [1.29, 1.82) is 0 Å². The molecule has 0 aliphatic carbocycles. The lowest BCUT2D eigenvalue weighted by molar-refractivity contribution is 0.0586. The highest BCUT2D eigenvalue weighted by atomic mass is 19.2. The molecule has 0 atom stereocenters. The van der Waals surface area contributed by atoms with Gasteiger partial charge in [0, 0.05) is 11.6 Å². The van der Waals surface area contributed by atoms with Crippen LogP contribution in [-0.2, 0) is 4.74 Å². The number of hydrogen-bond acceptors (Lipinski definition) is 5.